The number of nitrogens with one attached hydrogen (secondary N) is 2. The fourth-order valence-corrected chi connectivity index (χ4v) is 3.28. The Morgan fingerprint density at radius 2 is 1.96 bits per heavy atom. The van der Waals surface area contributed by atoms with Crippen LogP contribution in [-0.2, 0) is 15.1 Å². The molecule has 0 aromatic heterocycles. The summed E-state index contributed by atoms with van der Waals surface area (Å²) in [5.74, 6) is -1.22. The minimum atomic E-state index is -1.50. The van der Waals surface area contributed by atoms with Crippen LogP contribution in [0, 0.1) is 10.1 Å². The summed E-state index contributed by atoms with van der Waals surface area (Å²) in [5.41, 5.74) is -0.937. The van der Waals surface area contributed by atoms with E-state index in [4.69, 9.17) is 0 Å². The molecule has 4 amide bonds. The highest BCUT2D eigenvalue weighted by molar-refractivity contribution is 9.10. The molecule has 144 valence electrons. The van der Waals surface area contributed by atoms with Gasteiger partial charge in [0.1, 0.15) is 12.1 Å². The zero-order chi connectivity index (χ0) is 20.5. The summed E-state index contributed by atoms with van der Waals surface area (Å²) in [5, 5.41) is 16.1. The van der Waals surface area contributed by atoms with E-state index in [-0.39, 0.29) is 11.3 Å². The lowest BCUT2D eigenvalue weighted by Gasteiger charge is -2.22. The number of hydrogen-bond acceptors (Lipinski definition) is 5. The van der Waals surface area contributed by atoms with Crippen molar-refractivity contribution in [3.63, 3.8) is 0 Å². The summed E-state index contributed by atoms with van der Waals surface area (Å²) >= 11 is 3.29. The fourth-order valence-electron chi connectivity index (χ4n) is 2.88. The van der Waals surface area contributed by atoms with Crippen molar-refractivity contribution < 1.29 is 19.3 Å². The smallest absolute Gasteiger partial charge is 0.324 e. The van der Waals surface area contributed by atoms with Crippen LogP contribution in [0.25, 0.3) is 0 Å². The van der Waals surface area contributed by atoms with Crippen molar-refractivity contribution in [1.82, 2.24) is 10.2 Å². The molecule has 2 N–H and O–H groups in total. The summed E-state index contributed by atoms with van der Waals surface area (Å²) in [6.07, 6.45) is 0. The number of carbonyl (C=O) groups is 3. The van der Waals surface area contributed by atoms with Gasteiger partial charge in [-0.1, -0.05) is 34.1 Å². The second-order valence-electron chi connectivity index (χ2n) is 6.31. The Bertz CT molecular complexity index is 995. The van der Waals surface area contributed by atoms with Crippen LogP contribution in [0.3, 0.4) is 0 Å². The highest BCUT2D eigenvalue weighted by Crippen LogP contribution is 2.30. The standard InChI is InChI=1S/C18H15BrN4O5/c1-18(11-4-2-7-14(8-11)23(27)28)16(25)22(17(26)21-18)10-15(24)20-13-6-3-5-12(19)9-13/h2-9H,10H2,1H3,(H,20,24)(H,21,26). The first-order chi connectivity index (χ1) is 13.2. The highest BCUT2D eigenvalue weighted by Gasteiger charge is 2.49. The first-order valence-electron chi connectivity index (χ1n) is 8.15. The zero-order valence-electron chi connectivity index (χ0n) is 14.6. The Morgan fingerprint density at radius 1 is 1.25 bits per heavy atom. The van der Waals surface area contributed by atoms with E-state index < -0.39 is 34.9 Å². The van der Waals surface area contributed by atoms with E-state index in [1.54, 1.807) is 24.3 Å². The lowest BCUT2D eigenvalue weighted by Crippen LogP contribution is -2.42. The van der Waals surface area contributed by atoms with E-state index in [2.05, 4.69) is 26.6 Å². The second-order valence-corrected chi connectivity index (χ2v) is 7.23. The molecule has 10 heteroatoms. The van der Waals surface area contributed by atoms with Crippen LogP contribution in [0.2, 0.25) is 0 Å². The Hall–Kier alpha value is -3.27. The van der Waals surface area contributed by atoms with Crippen molar-refractivity contribution in [3.8, 4) is 0 Å². The lowest BCUT2D eigenvalue weighted by atomic mass is 9.91. The first kappa shape index (κ1) is 19.5. The molecule has 0 aliphatic carbocycles. The number of nitrogens with zero attached hydrogens (tertiary/aromatic N) is 2. The van der Waals surface area contributed by atoms with Gasteiger partial charge in [0.05, 0.1) is 4.92 Å². The van der Waals surface area contributed by atoms with E-state index in [1.807, 2.05) is 0 Å². The molecule has 2 aromatic carbocycles. The normalized spacial score (nSPS) is 18.7. The Kier molecular flexibility index (Phi) is 5.14. The first-order valence-corrected chi connectivity index (χ1v) is 8.94. The van der Waals surface area contributed by atoms with Gasteiger partial charge in [0, 0.05) is 22.3 Å². The van der Waals surface area contributed by atoms with E-state index >= 15 is 0 Å². The number of nitro groups is 1. The zero-order valence-corrected chi connectivity index (χ0v) is 16.2. The van der Waals surface area contributed by atoms with Crippen molar-refractivity contribution >= 4 is 45.2 Å². The van der Waals surface area contributed by atoms with Crippen LogP contribution in [0.5, 0.6) is 0 Å². The monoisotopic (exact) mass is 446 g/mol. The molecule has 3 rings (SSSR count). The minimum absolute atomic E-state index is 0.202. The molecule has 1 aliphatic rings. The molecule has 0 spiro atoms. The van der Waals surface area contributed by atoms with Gasteiger partial charge in [-0.15, -0.1) is 0 Å². The Morgan fingerprint density at radius 3 is 2.64 bits per heavy atom. The molecule has 9 nitrogen and oxygen atoms in total. The maximum absolute atomic E-state index is 12.8. The van der Waals surface area contributed by atoms with E-state index in [0.717, 1.165) is 9.37 Å². The van der Waals surface area contributed by atoms with Gasteiger partial charge in [-0.3, -0.25) is 24.6 Å². The third kappa shape index (κ3) is 3.72. The summed E-state index contributed by atoms with van der Waals surface area (Å²) in [6, 6.07) is 11.6. The Balaban J connectivity index is 1.78. The molecule has 1 saturated heterocycles. The van der Waals surface area contributed by atoms with Gasteiger partial charge >= 0.3 is 6.03 Å². The van der Waals surface area contributed by atoms with Gasteiger partial charge < -0.3 is 10.6 Å². The number of imide groups is 1. The average molecular weight is 447 g/mol. The number of non-ortho nitro benzene ring substituents is 1. The summed E-state index contributed by atoms with van der Waals surface area (Å²) in [7, 11) is 0. The maximum Gasteiger partial charge on any atom is 0.325 e. The van der Waals surface area contributed by atoms with E-state index in [1.165, 1.54) is 31.2 Å². The number of rotatable bonds is 5. The number of anilines is 1. The number of hydrogen-bond donors (Lipinski definition) is 2. The van der Waals surface area contributed by atoms with E-state index in [9.17, 15) is 24.5 Å². The minimum Gasteiger partial charge on any atom is -0.324 e. The lowest BCUT2D eigenvalue weighted by molar-refractivity contribution is -0.385. The average Bonchev–Trinajstić information content (AvgIpc) is 2.86. The molecular formula is C18H15BrN4O5. The largest absolute Gasteiger partial charge is 0.325 e. The number of amides is 4. The number of urea groups is 1. The summed E-state index contributed by atoms with van der Waals surface area (Å²) in [4.78, 5) is 48.6. The van der Waals surface area contributed by atoms with Crippen molar-refractivity contribution in [3.05, 3.63) is 68.7 Å². The molecule has 2 aromatic rings. The number of benzene rings is 2. The quantitative estimate of drug-likeness (QED) is 0.415. The molecule has 1 aliphatic heterocycles. The van der Waals surface area contributed by atoms with Gasteiger partial charge in [-0.25, -0.2) is 4.79 Å². The van der Waals surface area contributed by atoms with Crippen LogP contribution in [0.4, 0.5) is 16.2 Å². The molecule has 0 bridgehead atoms. The topological polar surface area (TPSA) is 122 Å². The predicted octanol–water partition coefficient (Wildman–Crippen LogP) is 2.76. The van der Waals surface area contributed by atoms with Crippen LogP contribution < -0.4 is 10.6 Å². The van der Waals surface area contributed by atoms with Gasteiger partial charge in [0.15, 0.2) is 0 Å². The highest BCUT2D eigenvalue weighted by atomic mass is 79.9. The SMILES string of the molecule is CC1(c2cccc([N+](=O)[O-])c2)NC(=O)N(CC(=O)Nc2cccc(Br)c2)C1=O. The molecule has 1 atom stereocenters. The third-order valence-electron chi connectivity index (χ3n) is 4.32. The van der Waals surface area contributed by atoms with Crippen molar-refractivity contribution in [2.45, 2.75) is 12.5 Å². The van der Waals surface area contributed by atoms with Crippen molar-refractivity contribution in [2.75, 3.05) is 11.9 Å². The summed E-state index contributed by atoms with van der Waals surface area (Å²) in [6.45, 7) is 0.959. The van der Waals surface area contributed by atoms with Gasteiger partial charge in [0.25, 0.3) is 11.6 Å². The van der Waals surface area contributed by atoms with Crippen LogP contribution >= 0.6 is 15.9 Å². The predicted molar refractivity (Wildman–Crippen MR) is 103 cm³/mol. The third-order valence-corrected chi connectivity index (χ3v) is 4.81. The molecule has 0 radical (unpaired) electrons. The number of halogens is 1. The van der Waals surface area contributed by atoms with Gasteiger partial charge in [-0.2, -0.15) is 0 Å². The van der Waals surface area contributed by atoms with Crippen molar-refractivity contribution in [1.29, 1.82) is 0 Å². The van der Waals surface area contributed by atoms with Crippen LogP contribution in [-0.4, -0.2) is 34.2 Å². The molecule has 0 saturated carbocycles. The second kappa shape index (κ2) is 7.39. The summed E-state index contributed by atoms with van der Waals surface area (Å²) < 4.78 is 0.763. The van der Waals surface area contributed by atoms with Crippen molar-refractivity contribution in [2.24, 2.45) is 0 Å². The number of carbonyl (C=O) groups excluding carboxylic acids is 3. The maximum atomic E-state index is 12.8. The van der Waals surface area contributed by atoms with Gasteiger partial charge in [0.2, 0.25) is 5.91 Å². The Labute approximate surface area is 168 Å². The molecule has 28 heavy (non-hydrogen) atoms. The molecule has 1 heterocycles. The molecule has 1 fully saturated rings. The fraction of sp³-hybridized carbons (Fsp3) is 0.167. The molecular weight excluding hydrogens is 432 g/mol. The van der Waals surface area contributed by atoms with E-state index in [0.29, 0.717) is 5.69 Å². The molecule has 1 unspecified atom stereocenters. The van der Waals surface area contributed by atoms with Crippen LogP contribution in [0.15, 0.2) is 53.0 Å². The van der Waals surface area contributed by atoms with Crippen LogP contribution in [0.1, 0.15) is 12.5 Å². The number of nitro benzene ring substituents is 1. The van der Waals surface area contributed by atoms with Gasteiger partial charge in [-0.05, 0) is 30.7 Å².